The smallest absolute Gasteiger partial charge is 0.162 e. The summed E-state index contributed by atoms with van der Waals surface area (Å²) in [5.74, 6) is 0.775. The van der Waals surface area contributed by atoms with Crippen molar-refractivity contribution in [2.75, 3.05) is 13.2 Å². The SMILES string of the molecule is C=CCCOCc1cc(CNCCC)no1. The normalized spacial score (nSPS) is 10.6. The third-order valence-electron chi connectivity index (χ3n) is 2.05. The summed E-state index contributed by atoms with van der Waals surface area (Å²) in [6, 6.07) is 1.93. The maximum Gasteiger partial charge on any atom is 0.162 e. The second kappa shape index (κ2) is 8.07. The van der Waals surface area contributed by atoms with E-state index in [-0.39, 0.29) is 0 Å². The van der Waals surface area contributed by atoms with Crippen LogP contribution in [0, 0.1) is 0 Å². The molecule has 1 heterocycles. The van der Waals surface area contributed by atoms with E-state index in [1.807, 2.05) is 12.1 Å². The average molecular weight is 224 g/mol. The van der Waals surface area contributed by atoms with E-state index < -0.39 is 0 Å². The summed E-state index contributed by atoms with van der Waals surface area (Å²) in [7, 11) is 0. The number of nitrogens with one attached hydrogen (secondary N) is 1. The highest BCUT2D eigenvalue weighted by atomic mass is 16.5. The predicted octanol–water partition coefficient (Wildman–Crippen LogP) is 2.27. The van der Waals surface area contributed by atoms with Gasteiger partial charge in [0.15, 0.2) is 5.76 Å². The molecule has 1 aromatic heterocycles. The van der Waals surface area contributed by atoms with Gasteiger partial charge in [-0.05, 0) is 19.4 Å². The van der Waals surface area contributed by atoms with E-state index in [4.69, 9.17) is 9.26 Å². The van der Waals surface area contributed by atoms with Crippen molar-refractivity contribution in [2.24, 2.45) is 0 Å². The minimum atomic E-state index is 0.481. The van der Waals surface area contributed by atoms with Gasteiger partial charge in [-0.3, -0.25) is 0 Å². The fourth-order valence-electron chi connectivity index (χ4n) is 1.24. The van der Waals surface area contributed by atoms with Crippen molar-refractivity contribution >= 4 is 0 Å². The highest BCUT2D eigenvalue weighted by molar-refractivity contribution is 5.04. The molecule has 4 nitrogen and oxygen atoms in total. The van der Waals surface area contributed by atoms with Crippen molar-refractivity contribution < 1.29 is 9.26 Å². The first-order chi connectivity index (χ1) is 7.86. The number of nitrogens with zero attached hydrogens (tertiary/aromatic N) is 1. The van der Waals surface area contributed by atoms with Crippen molar-refractivity contribution in [1.29, 1.82) is 0 Å². The molecule has 1 rings (SSSR count). The van der Waals surface area contributed by atoms with Crippen LogP contribution in [0.4, 0.5) is 0 Å². The maximum atomic E-state index is 5.37. The molecule has 90 valence electrons. The first kappa shape index (κ1) is 12.9. The van der Waals surface area contributed by atoms with Gasteiger partial charge >= 0.3 is 0 Å². The van der Waals surface area contributed by atoms with Crippen LogP contribution in [0.2, 0.25) is 0 Å². The van der Waals surface area contributed by atoms with Gasteiger partial charge in [-0.2, -0.15) is 0 Å². The van der Waals surface area contributed by atoms with Crippen LogP contribution in [0.5, 0.6) is 0 Å². The summed E-state index contributed by atoms with van der Waals surface area (Å²) >= 11 is 0. The van der Waals surface area contributed by atoms with Crippen LogP contribution >= 0.6 is 0 Å². The van der Waals surface area contributed by atoms with Gasteiger partial charge in [-0.15, -0.1) is 6.58 Å². The Morgan fingerprint density at radius 3 is 3.25 bits per heavy atom. The lowest BCUT2D eigenvalue weighted by atomic mass is 10.3. The molecule has 1 aromatic rings. The Bertz CT molecular complexity index is 297. The third-order valence-corrected chi connectivity index (χ3v) is 2.05. The van der Waals surface area contributed by atoms with E-state index in [9.17, 15) is 0 Å². The van der Waals surface area contributed by atoms with E-state index in [1.54, 1.807) is 0 Å². The number of hydrogen-bond donors (Lipinski definition) is 1. The molecule has 1 N–H and O–H groups in total. The summed E-state index contributed by atoms with van der Waals surface area (Å²) < 4.78 is 10.5. The van der Waals surface area contributed by atoms with E-state index in [2.05, 4.69) is 24.0 Å². The molecule has 0 radical (unpaired) electrons. The zero-order valence-electron chi connectivity index (χ0n) is 9.87. The van der Waals surface area contributed by atoms with E-state index in [0.717, 1.165) is 37.4 Å². The lowest BCUT2D eigenvalue weighted by molar-refractivity contribution is 0.105. The molecule has 0 aliphatic carbocycles. The summed E-state index contributed by atoms with van der Waals surface area (Å²) in [4.78, 5) is 0. The first-order valence-electron chi connectivity index (χ1n) is 5.70. The van der Waals surface area contributed by atoms with Gasteiger partial charge in [0.05, 0.1) is 12.3 Å². The second-order valence-corrected chi connectivity index (χ2v) is 3.59. The third kappa shape index (κ3) is 5.09. The average Bonchev–Trinajstić information content (AvgIpc) is 2.73. The molecule has 0 unspecified atom stereocenters. The first-order valence-corrected chi connectivity index (χ1v) is 5.70. The van der Waals surface area contributed by atoms with Crippen LogP contribution in [-0.2, 0) is 17.9 Å². The molecule has 0 spiro atoms. The minimum Gasteiger partial charge on any atom is -0.373 e. The fourth-order valence-corrected chi connectivity index (χ4v) is 1.24. The lowest BCUT2D eigenvalue weighted by Gasteiger charge is -1.97. The zero-order chi connectivity index (χ0) is 11.6. The van der Waals surface area contributed by atoms with Crippen molar-refractivity contribution in [1.82, 2.24) is 10.5 Å². The lowest BCUT2D eigenvalue weighted by Crippen LogP contribution is -2.13. The Morgan fingerprint density at radius 1 is 1.62 bits per heavy atom. The van der Waals surface area contributed by atoms with E-state index in [0.29, 0.717) is 13.2 Å². The minimum absolute atomic E-state index is 0.481. The monoisotopic (exact) mass is 224 g/mol. The second-order valence-electron chi connectivity index (χ2n) is 3.59. The number of rotatable bonds is 9. The van der Waals surface area contributed by atoms with Crippen LogP contribution in [0.25, 0.3) is 0 Å². The Balaban J connectivity index is 2.20. The van der Waals surface area contributed by atoms with Crippen LogP contribution in [0.3, 0.4) is 0 Å². The van der Waals surface area contributed by atoms with Gasteiger partial charge in [-0.25, -0.2) is 0 Å². The molecule has 0 aliphatic heterocycles. The Kier molecular flexibility index (Phi) is 6.53. The van der Waals surface area contributed by atoms with Crippen LogP contribution in [-0.4, -0.2) is 18.3 Å². The number of hydrogen-bond acceptors (Lipinski definition) is 4. The van der Waals surface area contributed by atoms with Crippen LogP contribution in [0.1, 0.15) is 31.2 Å². The standard InChI is InChI=1S/C12H20N2O2/c1-3-5-7-15-10-12-8-11(14-16-12)9-13-6-4-2/h3,8,13H,1,4-7,9-10H2,2H3. The van der Waals surface area contributed by atoms with Crippen molar-refractivity contribution in [3.05, 3.63) is 30.2 Å². The Hall–Kier alpha value is -1.13. The van der Waals surface area contributed by atoms with E-state index in [1.165, 1.54) is 0 Å². The van der Waals surface area contributed by atoms with Crippen molar-refractivity contribution in [3.8, 4) is 0 Å². The molecule has 0 bridgehead atoms. The number of ether oxygens (including phenoxy) is 1. The summed E-state index contributed by atoms with van der Waals surface area (Å²) in [5.41, 5.74) is 0.927. The van der Waals surface area contributed by atoms with Crippen LogP contribution in [0.15, 0.2) is 23.2 Å². The molecule has 0 amide bonds. The molecule has 0 saturated carbocycles. The maximum absolute atomic E-state index is 5.37. The molecular weight excluding hydrogens is 204 g/mol. The van der Waals surface area contributed by atoms with Gasteiger partial charge in [0, 0.05) is 12.6 Å². The van der Waals surface area contributed by atoms with Gasteiger partial charge < -0.3 is 14.6 Å². The highest BCUT2D eigenvalue weighted by Gasteiger charge is 2.03. The van der Waals surface area contributed by atoms with Crippen LogP contribution < -0.4 is 5.32 Å². The molecule has 0 atom stereocenters. The van der Waals surface area contributed by atoms with Gasteiger partial charge in [0.2, 0.25) is 0 Å². The molecule has 0 aromatic carbocycles. The summed E-state index contributed by atoms with van der Waals surface area (Å²) in [6.07, 6.45) is 3.81. The molecule has 0 saturated heterocycles. The predicted molar refractivity (Wildman–Crippen MR) is 63.0 cm³/mol. The Morgan fingerprint density at radius 2 is 2.50 bits per heavy atom. The van der Waals surface area contributed by atoms with E-state index >= 15 is 0 Å². The molecule has 0 aliphatic rings. The van der Waals surface area contributed by atoms with Gasteiger partial charge in [0.25, 0.3) is 0 Å². The fraction of sp³-hybridized carbons (Fsp3) is 0.583. The molecule has 4 heteroatoms. The number of aromatic nitrogens is 1. The Labute approximate surface area is 96.7 Å². The molecule has 0 fully saturated rings. The highest BCUT2D eigenvalue weighted by Crippen LogP contribution is 2.05. The van der Waals surface area contributed by atoms with Gasteiger partial charge in [-0.1, -0.05) is 18.2 Å². The molecular formula is C12H20N2O2. The quantitative estimate of drug-likeness (QED) is 0.516. The molecule has 16 heavy (non-hydrogen) atoms. The summed E-state index contributed by atoms with van der Waals surface area (Å²) in [5, 5.41) is 7.21. The summed E-state index contributed by atoms with van der Waals surface area (Å²) in [6.45, 7) is 8.67. The van der Waals surface area contributed by atoms with Crippen molar-refractivity contribution in [2.45, 2.75) is 32.9 Å². The largest absolute Gasteiger partial charge is 0.373 e. The topological polar surface area (TPSA) is 47.3 Å². The van der Waals surface area contributed by atoms with Gasteiger partial charge in [0.1, 0.15) is 6.61 Å². The zero-order valence-corrected chi connectivity index (χ0v) is 9.87. The van der Waals surface area contributed by atoms with Crippen molar-refractivity contribution in [3.63, 3.8) is 0 Å².